The lowest BCUT2D eigenvalue weighted by Crippen LogP contribution is -1.92. The van der Waals surface area contributed by atoms with Gasteiger partial charge in [-0.15, -0.1) is 0 Å². The van der Waals surface area contributed by atoms with Gasteiger partial charge in [0, 0.05) is 0 Å². The summed E-state index contributed by atoms with van der Waals surface area (Å²) < 4.78 is 9.83. The van der Waals surface area contributed by atoms with Crippen molar-refractivity contribution in [2.24, 2.45) is 0 Å². The SMILES string of the molecule is Cc1noc(Cc2noc(C)c2C#N)n1. The second-order valence-corrected chi connectivity index (χ2v) is 3.08. The lowest BCUT2D eigenvalue weighted by Gasteiger charge is -1.88. The molecular formula is C9H8N4O2. The van der Waals surface area contributed by atoms with Crippen LogP contribution in [-0.4, -0.2) is 15.3 Å². The predicted octanol–water partition coefficient (Wildman–Crippen LogP) is 1.14. The maximum absolute atomic E-state index is 8.85. The fraction of sp³-hybridized carbons (Fsp3) is 0.333. The topological polar surface area (TPSA) is 88.7 Å². The first-order valence-corrected chi connectivity index (χ1v) is 4.35. The number of nitriles is 1. The molecule has 0 bridgehead atoms. The third-order valence-electron chi connectivity index (χ3n) is 1.93. The van der Waals surface area contributed by atoms with Crippen LogP contribution in [0.4, 0.5) is 0 Å². The number of hydrogen-bond acceptors (Lipinski definition) is 6. The zero-order valence-corrected chi connectivity index (χ0v) is 8.31. The Morgan fingerprint density at radius 2 is 2.07 bits per heavy atom. The van der Waals surface area contributed by atoms with Gasteiger partial charge in [-0.2, -0.15) is 10.2 Å². The molecule has 0 atom stereocenters. The number of nitrogens with zero attached hydrogens (tertiary/aromatic N) is 4. The standard InChI is InChI=1S/C9H8N4O2/c1-5-7(4-10)8(13-14-5)3-9-11-6(2)12-15-9/h3H2,1-2H3. The Kier molecular flexibility index (Phi) is 2.21. The minimum atomic E-state index is 0.321. The van der Waals surface area contributed by atoms with Crippen LogP contribution in [0.2, 0.25) is 0 Å². The lowest BCUT2D eigenvalue weighted by atomic mass is 10.2. The summed E-state index contributed by atoms with van der Waals surface area (Å²) in [5.74, 6) is 1.49. The maximum atomic E-state index is 8.85. The van der Waals surface area contributed by atoms with E-state index in [0.29, 0.717) is 35.2 Å². The Hall–Kier alpha value is -2.16. The number of rotatable bonds is 2. The van der Waals surface area contributed by atoms with Crippen LogP contribution in [0.5, 0.6) is 0 Å². The van der Waals surface area contributed by atoms with Gasteiger partial charge in [-0.05, 0) is 13.8 Å². The minimum Gasteiger partial charge on any atom is -0.360 e. The van der Waals surface area contributed by atoms with Crippen molar-refractivity contribution in [3.8, 4) is 6.07 Å². The molecule has 0 fully saturated rings. The van der Waals surface area contributed by atoms with E-state index >= 15 is 0 Å². The predicted molar refractivity (Wildman–Crippen MR) is 47.8 cm³/mol. The Bertz CT molecular complexity index is 520. The third-order valence-corrected chi connectivity index (χ3v) is 1.93. The molecule has 0 amide bonds. The van der Waals surface area contributed by atoms with Gasteiger partial charge in [0.15, 0.2) is 11.6 Å². The molecule has 2 aromatic heterocycles. The minimum absolute atomic E-state index is 0.321. The van der Waals surface area contributed by atoms with Gasteiger partial charge in [-0.3, -0.25) is 0 Å². The van der Waals surface area contributed by atoms with Crippen LogP contribution in [0.3, 0.4) is 0 Å². The molecule has 0 unspecified atom stereocenters. The maximum Gasteiger partial charge on any atom is 0.232 e. The molecule has 76 valence electrons. The quantitative estimate of drug-likeness (QED) is 0.728. The van der Waals surface area contributed by atoms with E-state index in [-0.39, 0.29) is 0 Å². The smallest absolute Gasteiger partial charge is 0.232 e. The van der Waals surface area contributed by atoms with Crippen LogP contribution < -0.4 is 0 Å². The molecular weight excluding hydrogens is 196 g/mol. The number of aryl methyl sites for hydroxylation is 2. The normalized spacial score (nSPS) is 10.2. The summed E-state index contributed by atoms with van der Waals surface area (Å²) in [6.45, 7) is 3.42. The third kappa shape index (κ3) is 1.72. The Morgan fingerprint density at radius 1 is 1.27 bits per heavy atom. The highest BCUT2D eigenvalue weighted by Crippen LogP contribution is 2.14. The summed E-state index contributed by atoms with van der Waals surface area (Å²) in [5, 5.41) is 16.3. The van der Waals surface area contributed by atoms with Crippen LogP contribution in [0.15, 0.2) is 9.05 Å². The highest BCUT2D eigenvalue weighted by Gasteiger charge is 2.15. The van der Waals surface area contributed by atoms with E-state index in [9.17, 15) is 0 Å². The monoisotopic (exact) mass is 204 g/mol. The van der Waals surface area contributed by atoms with Crippen molar-refractivity contribution < 1.29 is 9.05 Å². The van der Waals surface area contributed by atoms with Gasteiger partial charge >= 0.3 is 0 Å². The van der Waals surface area contributed by atoms with Gasteiger partial charge in [0.1, 0.15) is 17.3 Å². The molecule has 2 aromatic rings. The second kappa shape index (κ2) is 3.53. The van der Waals surface area contributed by atoms with E-state index in [2.05, 4.69) is 15.3 Å². The molecule has 0 aliphatic rings. The highest BCUT2D eigenvalue weighted by atomic mass is 16.5. The van der Waals surface area contributed by atoms with Crippen LogP contribution in [0.25, 0.3) is 0 Å². The molecule has 0 radical (unpaired) electrons. The fourth-order valence-electron chi connectivity index (χ4n) is 1.24. The molecule has 0 saturated heterocycles. The molecule has 0 N–H and O–H groups in total. The molecule has 0 aliphatic heterocycles. The van der Waals surface area contributed by atoms with Crippen LogP contribution in [-0.2, 0) is 6.42 Å². The van der Waals surface area contributed by atoms with E-state index in [1.807, 2.05) is 6.07 Å². The summed E-state index contributed by atoms with van der Waals surface area (Å²) in [4.78, 5) is 4.02. The average Bonchev–Trinajstić information content (AvgIpc) is 2.75. The Balaban J connectivity index is 2.29. The summed E-state index contributed by atoms with van der Waals surface area (Å²) in [5.41, 5.74) is 0.963. The van der Waals surface area contributed by atoms with Crippen molar-refractivity contribution in [3.63, 3.8) is 0 Å². The van der Waals surface area contributed by atoms with Crippen molar-refractivity contribution >= 4 is 0 Å². The molecule has 6 nitrogen and oxygen atoms in total. The zero-order chi connectivity index (χ0) is 10.8. The van der Waals surface area contributed by atoms with Gasteiger partial charge in [-0.25, -0.2) is 0 Å². The van der Waals surface area contributed by atoms with Gasteiger partial charge in [0.25, 0.3) is 0 Å². The van der Waals surface area contributed by atoms with Crippen LogP contribution in [0.1, 0.15) is 28.7 Å². The molecule has 0 aromatic carbocycles. The second-order valence-electron chi connectivity index (χ2n) is 3.08. The fourth-order valence-corrected chi connectivity index (χ4v) is 1.24. The van der Waals surface area contributed by atoms with E-state index in [1.54, 1.807) is 13.8 Å². The van der Waals surface area contributed by atoms with Crippen molar-refractivity contribution in [1.29, 1.82) is 5.26 Å². The summed E-state index contributed by atoms with van der Waals surface area (Å²) in [7, 11) is 0. The van der Waals surface area contributed by atoms with Crippen molar-refractivity contribution in [1.82, 2.24) is 15.3 Å². The molecule has 6 heteroatoms. The van der Waals surface area contributed by atoms with E-state index in [1.165, 1.54) is 0 Å². The molecule has 2 rings (SSSR count). The lowest BCUT2D eigenvalue weighted by molar-refractivity contribution is 0.369. The molecule has 0 aliphatic carbocycles. The summed E-state index contributed by atoms with van der Waals surface area (Å²) in [6, 6.07) is 2.02. The first-order chi connectivity index (χ1) is 7.20. The Morgan fingerprint density at radius 3 is 2.67 bits per heavy atom. The average molecular weight is 204 g/mol. The number of aromatic nitrogens is 3. The van der Waals surface area contributed by atoms with Crippen LogP contribution in [0, 0.1) is 25.2 Å². The number of hydrogen-bond donors (Lipinski definition) is 0. The molecule has 15 heavy (non-hydrogen) atoms. The van der Waals surface area contributed by atoms with Gasteiger partial charge in [0.05, 0.1) is 6.42 Å². The van der Waals surface area contributed by atoms with E-state index in [4.69, 9.17) is 14.3 Å². The largest absolute Gasteiger partial charge is 0.360 e. The summed E-state index contributed by atoms with van der Waals surface area (Å²) >= 11 is 0. The van der Waals surface area contributed by atoms with Crippen molar-refractivity contribution in [3.05, 3.63) is 28.7 Å². The molecule has 0 saturated carbocycles. The van der Waals surface area contributed by atoms with Crippen molar-refractivity contribution in [2.75, 3.05) is 0 Å². The van der Waals surface area contributed by atoms with Crippen LogP contribution >= 0.6 is 0 Å². The van der Waals surface area contributed by atoms with E-state index in [0.717, 1.165) is 0 Å². The first kappa shape index (κ1) is 9.40. The summed E-state index contributed by atoms with van der Waals surface area (Å²) in [6.07, 6.45) is 0.321. The van der Waals surface area contributed by atoms with Gasteiger partial charge in [0.2, 0.25) is 5.89 Å². The highest BCUT2D eigenvalue weighted by molar-refractivity contribution is 5.36. The molecule has 0 spiro atoms. The van der Waals surface area contributed by atoms with Gasteiger partial charge < -0.3 is 9.05 Å². The Labute approximate surface area is 85.5 Å². The molecule has 2 heterocycles. The van der Waals surface area contributed by atoms with E-state index < -0.39 is 0 Å². The van der Waals surface area contributed by atoms with Crippen molar-refractivity contribution in [2.45, 2.75) is 20.3 Å². The zero-order valence-electron chi connectivity index (χ0n) is 8.31. The van der Waals surface area contributed by atoms with Gasteiger partial charge in [-0.1, -0.05) is 10.3 Å². The first-order valence-electron chi connectivity index (χ1n) is 4.35.